The molecule has 4 atom stereocenters. The molecule has 0 fully saturated rings. The van der Waals surface area contributed by atoms with E-state index in [-0.39, 0.29) is 0 Å². The fourth-order valence-corrected chi connectivity index (χ4v) is 2.17. The van der Waals surface area contributed by atoms with Gasteiger partial charge >= 0.3 is 15.6 Å². The summed E-state index contributed by atoms with van der Waals surface area (Å²) in [5.74, 6) is -1.95. The first-order valence-corrected chi connectivity index (χ1v) is 9.05. The van der Waals surface area contributed by atoms with Crippen LogP contribution in [0.15, 0.2) is 0 Å². The molecule has 2 amide bonds. The summed E-state index contributed by atoms with van der Waals surface area (Å²) in [5.41, 5.74) is 0. The Morgan fingerprint density at radius 1 is 0.960 bits per heavy atom. The summed E-state index contributed by atoms with van der Waals surface area (Å²) in [7, 11) is -10.1. The van der Waals surface area contributed by atoms with Crippen LogP contribution in [0.4, 0.5) is 0 Å². The maximum absolute atomic E-state index is 11.0. The predicted octanol–water partition coefficient (Wildman–Crippen LogP) is -4.73. The number of hydrogen-bond acceptors (Lipinski definition) is 10. The minimum absolute atomic E-state index is 0.742. The zero-order valence-electron chi connectivity index (χ0n) is 12.5. The lowest BCUT2D eigenvalue weighted by Crippen LogP contribution is -2.52. The number of amides is 2. The van der Waals surface area contributed by atoms with E-state index in [4.69, 9.17) is 34.9 Å². The largest absolute Gasteiger partial charge is 0.478 e. The smallest absolute Gasteiger partial charge is 0.394 e. The highest BCUT2D eigenvalue weighted by Crippen LogP contribution is 2.53. The number of carbonyl (C=O) groups excluding carboxylic acids is 2. The zero-order chi connectivity index (χ0) is 20.6. The SMILES string of the molecule is CC(=O)NC(=O)[C@H](O)[C@@H](O)[C@H](O)[C@H](O)CO.O=P(O)(O)OP(=O)(O)O. The number of rotatable bonds is 7. The van der Waals surface area contributed by atoms with E-state index in [1.165, 1.54) is 0 Å². The first kappa shape index (κ1) is 26.4. The number of phosphoric acid groups is 2. The monoisotopic (exact) mass is 415 g/mol. The van der Waals surface area contributed by atoms with Gasteiger partial charge in [0.1, 0.15) is 18.3 Å². The molecule has 0 saturated carbocycles. The van der Waals surface area contributed by atoms with E-state index in [2.05, 4.69) is 4.31 Å². The van der Waals surface area contributed by atoms with Crippen LogP contribution in [0.5, 0.6) is 0 Å². The van der Waals surface area contributed by atoms with Crippen LogP contribution in [0.3, 0.4) is 0 Å². The van der Waals surface area contributed by atoms with Crippen LogP contribution in [0.1, 0.15) is 6.92 Å². The average molecular weight is 415 g/mol. The third kappa shape index (κ3) is 14.1. The van der Waals surface area contributed by atoms with E-state index in [1.54, 1.807) is 5.32 Å². The van der Waals surface area contributed by atoms with Crippen molar-refractivity contribution in [1.82, 2.24) is 5.32 Å². The molecule has 0 rings (SSSR count). The summed E-state index contributed by atoms with van der Waals surface area (Å²) >= 11 is 0. The molecule has 0 aromatic heterocycles. The summed E-state index contributed by atoms with van der Waals surface area (Å²) in [6.07, 6.45) is -7.70. The molecule has 0 aromatic rings. The second-order valence-electron chi connectivity index (χ2n) is 4.28. The minimum atomic E-state index is -5.05. The van der Waals surface area contributed by atoms with Gasteiger partial charge in [-0.2, -0.15) is 4.31 Å². The fraction of sp³-hybridized carbons (Fsp3) is 0.750. The van der Waals surface area contributed by atoms with Crippen LogP contribution < -0.4 is 5.32 Å². The molecule has 0 aliphatic carbocycles. The Balaban J connectivity index is 0. The van der Waals surface area contributed by atoms with Gasteiger partial charge in [-0.05, 0) is 0 Å². The quantitative estimate of drug-likeness (QED) is 0.175. The first-order valence-electron chi connectivity index (χ1n) is 5.98. The van der Waals surface area contributed by atoms with Gasteiger partial charge < -0.3 is 45.1 Å². The Labute approximate surface area is 140 Å². The molecule has 0 aromatic carbocycles. The fourth-order valence-electron chi connectivity index (χ4n) is 1.06. The lowest BCUT2D eigenvalue weighted by molar-refractivity contribution is -0.150. The van der Waals surface area contributed by atoms with Crippen LogP contribution in [-0.2, 0) is 23.0 Å². The standard InChI is InChI=1S/C8H15NO7.H4O7P2/c1-3(11)9-8(16)7(15)6(14)5(13)4(12)2-10;1-8(2,3)7-9(4,5)6/h4-7,10,12-15H,2H2,1H3,(H,9,11,16);(H2,1,2,3)(H2,4,5,6)/t4-,5-,6+,7-;/m1./s1. The highest BCUT2D eigenvalue weighted by molar-refractivity contribution is 7.60. The van der Waals surface area contributed by atoms with Crippen LogP contribution >= 0.6 is 15.6 Å². The number of imide groups is 1. The Hall–Kier alpha value is -0.800. The highest BCUT2D eigenvalue weighted by Gasteiger charge is 2.34. The second-order valence-corrected chi connectivity index (χ2v) is 6.90. The first-order chi connectivity index (χ1) is 11.0. The van der Waals surface area contributed by atoms with Gasteiger partial charge in [0.2, 0.25) is 5.91 Å². The van der Waals surface area contributed by atoms with Crippen LogP contribution in [-0.4, -0.2) is 87.9 Å². The number of aliphatic hydroxyl groups excluding tert-OH is 5. The number of nitrogens with one attached hydrogen (secondary N) is 1. The summed E-state index contributed by atoms with van der Waals surface area (Å²) in [4.78, 5) is 52.5. The molecule has 17 heteroatoms. The molecule has 10 N–H and O–H groups in total. The van der Waals surface area contributed by atoms with Crippen molar-refractivity contribution in [2.45, 2.75) is 31.3 Å². The van der Waals surface area contributed by atoms with Crippen molar-refractivity contribution >= 4 is 27.5 Å². The Morgan fingerprint density at radius 2 is 1.36 bits per heavy atom. The van der Waals surface area contributed by atoms with Crippen molar-refractivity contribution in [3.05, 3.63) is 0 Å². The maximum atomic E-state index is 11.0. The Kier molecular flexibility index (Phi) is 11.7. The van der Waals surface area contributed by atoms with Gasteiger partial charge in [0, 0.05) is 6.92 Å². The van der Waals surface area contributed by atoms with E-state index in [9.17, 15) is 28.9 Å². The molecule has 15 nitrogen and oxygen atoms in total. The van der Waals surface area contributed by atoms with Crippen LogP contribution in [0, 0.1) is 0 Å². The van der Waals surface area contributed by atoms with Gasteiger partial charge in [0.15, 0.2) is 6.10 Å². The topological polar surface area (TPSA) is 272 Å². The minimum Gasteiger partial charge on any atom is -0.394 e. The molecule has 25 heavy (non-hydrogen) atoms. The summed E-state index contributed by atoms with van der Waals surface area (Å²) in [6, 6.07) is 0. The molecular formula is C8H19NO14P2. The van der Waals surface area contributed by atoms with E-state index >= 15 is 0 Å². The molecule has 0 saturated heterocycles. The number of aliphatic hydroxyl groups is 5. The molecular weight excluding hydrogens is 396 g/mol. The molecule has 0 aliphatic heterocycles. The second kappa shape index (κ2) is 11.0. The summed E-state index contributed by atoms with van der Waals surface area (Å²) in [6.45, 7) is 0.176. The van der Waals surface area contributed by atoms with E-state index < -0.39 is 58.5 Å². The lowest BCUT2D eigenvalue weighted by Gasteiger charge is -2.24. The molecule has 150 valence electrons. The van der Waals surface area contributed by atoms with E-state index in [0.717, 1.165) is 6.92 Å². The molecule has 0 aliphatic rings. The van der Waals surface area contributed by atoms with E-state index in [1.807, 2.05) is 0 Å². The highest BCUT2D eigenvalue weighted by atomic mass is 31.3. The average Bonchev–Trinajstić information content (AvgIpc) is 2.39. The molecule has 0 radical (unpaired) electrons. The predicted molar refractivity (Wildman–Crippen MR) is 75.1 cm³/mol. The molecule has 0 heterocycles. The van der Waals surface area contributed by atoms with Crippen molar-refractivity contribution in [3.8, 4) is 0 Å². The van der Waals surface area contributed by atoms with Crippen molar-refractivity contribution in [2.24, 2.45) is 0 Å². The van der Waals surface area contributed by atoms with Gasteiger partial charge in [0.25, 0.3) is 5.91 Å². The Morgan fingerprint density at radius 3 is 1.60 bits per heavy atom. The molecule has 0 bridgehead atoms. The van der Waals surface area contributed by atoms with Gasteiger partial charge in [-0.25, -0.2) is 9.13 Å². The van der Waals surface area contributed by atoms with Gasteiger partial charge in [-0.1, -0.05) is 0 Å². The van der Waals surface area contributed by atoms with Gasteiger partial charge in [-0.15, -0.1) is 0 Å². The summed E-state index contributed by atoms with van der Waals surface area (Å²) in [5, 5.41) is 46.7. The normalized spacial score (nSPS) is 16.7. The van der Waals surface area contributed by atoms with Crippen molar-refractivity contribution in [3.63, 3.8) is 0 Å². The lowest BCUT2D eigenvalue weighted by atomic mass is 10.0. The number of hydrogen-bond donors (Lipinski definition) is 10. The van der Waals surface area contributed by atoms with Crippen LogP contribution in [0.25, 0.3) is 0 Å². The Bertz CT molecular complexity index is 507. The third-order valence-electron chi connectivity index (χ3n) is 2.04. The van der Waals surface area contributed by atoms with Crippen molar-refractivity contribution < 1.29 is 68.1 Å². The van der Waals surface area contributed by atoms with Gasteiger partial charge in [0.05, 0.1) is 6.61 Å². The van der Waals surface area contributed by atoms with E-state index in [0.29, 0.717) is 0 Å². The van der Waals surface area contributed by atoms with Crippen LogP contribution in [0.2, 0.25) is 0 Å². The van der Waals surface area contributed by atoms with Crippen molar-refractivity contribution in [2.75, 3.05) is 6.61 Å². The van der Waals surface area contributed by atoms with Crippen molar-refractivity contribution in [1.29, 1.82) is 0 Å². The third-order valence-corrected chi connectivity index (χ3v) is 3.74. The summed E-state index contributed by atoms with van der Waals surface area (Å²) < 4.78 is 22.2. The molecule has 0 spiro atoms. The maximum Gasteiger partial charge on any atom is 0.478 e. The van der Waals surface area contributed by atoms with Gasteiger partial charge in [-0.3, -0.25) is 14.9 Å². The zero-order valence-corrected chi connectivity index (χ0v) is 14.3. The molecule has 0 unspecified atom stereocenters. The number of carbonyl (C=O) groups is 2.